The molecule has 0 saturated heterocycles. The molecule has 0 aromatic carbocycles. The number of hydrogen-bond donors (Lipinski definition) is 0. The van der Waals surface area contributed by atoms with E-state index in [1.807, 2.05) is 0 Å². The highest BCUT2D eigenvalue weighted by Crippen LogP contribution is 2.30. The van der Waals surface area contributed by atoms with Crippen LogP contribution in [0.4, 0.5) is 13.2 Å². The summed E-state index contributed by atoms with van der Waals surface area (Å²) in [6, 6.07) is 2.10. The number of allylic oxidation sites excluding steroid dienone is 1. The Morgan fingerprint density at radius 2 is 1.96 bits per heavy atom. The van der Waals surface area contributed by atoms with E-state index in [9.17, 15) is 13.2 Å². The Morgan fingerprint density at radius 1 is 1.12 bits per heavy atom. The molecule has 7 nitrogen and oxygen atoms in total. The fourth-order valence-electron chi connectivity index (χ4n) is 1.88. The van der Waals surface area contributed by atoms with E-state index in [0.29, 0.717) is 23.2 Å². The van der Waals surface area contributed by atoms with Gasteiger partial charge in [-0.1, -0.05) is 6.08 Å². The lowest BCUT2D eigenvalue weighted by molar-refractivity contribution is -0.141. The second kappa shape index (κ2) is 6.97. The fourth-order valence-corrected chi connectivity index (χ4v) is 2.64. The molecule has 0 radical (unpaired) electrons. The van der Waals surface area contributed by atoms with E-state index in [-0.39, 0.29) is 5.03 Å². The lowest BCUT2D eigenvalue weighted by Gasteiger charge is -2.07. The van der Waals surface area contributed by atoms with Crippen molar-refractivity contribution in [3.8, 4) is 11.5 Å². The molecule has 128 valence electrons. The minimum atomic E-state index is -4.53. The minimum Gasteiger partial charge on any atom is -0.296 e. The summed E-state index contributed by atoms with van der Waals surface area (Å²) in [6.45, 7) is 4.07. The molecular weight excluding hydrogens is 355 g/mol. The molecule has 0 aliphatic heterocycles. The van der Waals surface area contributed by atoms with Gasteiger partial charge < -0.3 is 0 Å². The molecule has 3 heterocycles. The van der Waals surface area contributed by atoms with E-state index in [0.717, 1.165) is 17.8 Å². The number of nitrogens with zero attached hydrogens (tertiary/aromatic N) is 7. The van der Waals surface area contributed by atoms with Crippen LogP contribution in [0, 0.1) is 0 Å². The molecule has 3 aromatic heterocycles. The monoisotopic (exact) mass is 365 g/mol. The highest BCUT2D eigenvalue weighted by molar-refractivity contribution is 7.99. The van der Waals surface area contributed by atoms with E-state index >= 15 is 0 Å². The highest BCUT2D eigenvalue weighted by Gasteiger charge is 2.33. The lowest BCUT2D eigenvalue weighted by atomic mass is 10.4. The first kappa shape index (κ1) is 17.0. The van der Waals surface area contributed by atoms with Crippen molar-refractivity contribution in [2.24, 2.45) is 0 Å². The van der Waals surface area contributed by atoms with Crippen LogP contribution in [0.25, 0.3) is 11.5 Å². The molecule has 0 unspecified atom stereocenters. The van der Waals surface area contributed by atoms with Gasteiger partial charge in [0.2, 0.25) is 0 Å². The molecule has 0 bridgehead atoms. The second-order valence-corrected chi connectivity index (χ2v) is 5.64. The summed E-state index contributed by atoms with van der Waals surface area (Å²) in [6.07, 6.45) is 1.71. The Bertz CT molecular complexity index is 862. The van der Waals surface area contributed by atoms with Crippen molar-refractivity contribution in [1.29, 1.82) is 0 Å². The van der Waals surface area contributed by atoms with Crippen LogP contribution < -0.4 is 0 Å². The molecule has 0 aliphatic carbocycles. The molecule has 11 heteroatoms. The van der Waals surface area contributed by atoms with Crippen LogP contribution in [-0.4, -0.2) is 34.9 Å². The van der Waals surface area contributed by atoms with Crippen molar-refractivity contribution in [1.82, 2.24) is 34.9 Å². The van der Waals surface area contributed by atoms with Gasteiger partial charge in [0.25, 0.3) is 0 Å². The van der Waals surface area contributed by atoms with Gasteiger partial charge in [0, 0.05) is 18.9 Å². The van der Waals surface area contributed by atoms with E-state index in [4.69, 9.17) is 0 Å². The smallest absolute Gasteiger partial charge is 0.296 e. The van der Waals surface area contributed by atoms with Crippen LogP contribution in [0.5, 0.6) is 0 Å². The molecule has 0 fully saturated rings. The predicted octanol–water partition coefficient (Wildman–Crippen LogP) is 2.88. The van der Waals surface area contributed by atoms with Crippen LogP contribution in [0.3, 0.4) is 0 Å². The average molecular weight is 365 g/mol. The van der Waals surface area contributed by atoms with Gasteiger partial charge in [-0.25, -0.2) is 4.98 Å². The molecule has 25 heavy (non-hydrogen) atoms. The molecule has 0 atom stereocenters. The summed E-state index contributed by atoms with van der Waals surface area (Å²) in [7, 11) is 0. The van der Waals surface area contributed by atoms with Crippen molar-refractivity contribution < 1.29 is 13.2 Å². The molecule has 3 rings (SSSR count). The normalized spacial score (nSPS) is 11.5. The zero-order valence-electron chi connectivity index (χ0n) is 12.6. The lowest BCUT2D eigenvalue weighted by Crippen LogP contribution is -2.09. The van der Waals surface area contributed by atoms with Crippen molar-refractivity contribution in [2.45, 2.75) is 22.9 Å². The van der Waals surface area contributed by atoms with Gasteiger partial charge >= 0.3 is 6.18 Å². The highest BCUT2D eigenvalue weighted by atomic mass is 32.2. The molecule has 0 aliphatic rings. The second-order valence-electron chi connectivity index (χ2n) is 4.65. The van der Waals surface area contributed by atoms with Gasteiger partial charge in [0.15, 0.2) is 16.7 Å². The zero-order valence-corrected chi connectivity index (χ0v) is 13.4. The van der Waals surface area contributed by atoms with Gasteiger partial charge in [-0.3, -0.25) is 9.55 Å². The molecule has 0 N–H and O–H groups in total. The van der Waals surface area contributed by atoms with Crippen LogP contribution in [0.2, 0.25) is 0 Å². The number of alkyl halides is 3. The van der Waals surface area contributed by atoms with Crippen molar-refractivity contribution >= 4 is 11.8 Å². The maximum Gasteiger partial charge on any atom is 0.435 e. The van der Waals surface area contributed by atoms with Crippen molar-refractivity contribution in [3.63, 3.8) is 0 Å². The van der Waals surface area contributed by atoms with Crippen LogP contribution >= 0.6 is 11.8 Å². The summed E-state index contributed by atoms with van der Waals surface area (Å²) in [5, 5.41) is 15.6. The first-order valence-electron chi connectivity index (χ1n) is 6.88. The third-order valence-electron chi connectivity index (χ3n) is 2.95. The van der Waals surface area contributed by atoms with Crippen molar-refractivity contribution in [3.05, 3.63) is 49.1 Å². The van der Waals surface area contributed by atoms with Crippen molar-refractivity contribution in [2.75, 3.05) is 0 Å². The van der Waals surface area contributed by atoms with Gasteiger partial charge in [-0.15, -0.1) is 27.0 Å². The molecule has 0 saturated carbocycles. The maximum absolute atomic E-state index is 12.5. The topological polar surface area (TPSA) is 82.3 Å². The maximum atomic E-state index is 12.5. The molecular formula is C14H10F3N7S. The van der Waals surface area contributed by atoms with Gasteiger partial charge in [0.1, 0.15) is 10.7 Å². The first-order chi connectivity index (χ1) is 12.0. The Balaban J connectivity index is 1.90. The Morgan fingerprint density at radius 3 is 2.56 bits per heavy atom. The summed E-state index contributed by atoms with van der Waals surface area (Å²) in [4.78, 5) is 8.15. The number of hydrogen-bond acceptors (Lipinski definition) is 7. The number of aromatic nitrogens is 7. The van der Waals surface area contributed by atoms with E-state index in [1.165, 1.54) is 24.7 Å². The van der Waals surface area contributed by atoms with Gasteiger partial charge in [-0.05, 0) is 23.9 Å². The zero-order chi connectivity index (χ0) is 17.9. The minimum absolute atomic E-state index is 0.261. The number of halogens is 3. The SMILES string of the molecule is C=CCn1c(Sc2ccc(C(F)(F)F)nn2)nnc1-c1cnccn1. The summed E-state index contributed by atoms with van der Waals surface area (Å²) in [5.74, 6) is 0.468. The fraction of sp³-hybridized carbons (Fsp3) is 0.143. The van der Waals surface area contributed by atoms with Gasteiger partial charge in [0.05, 0.1) is 6.20 Å². The standard InChI is InChI=1S/C14H10F3N7S/c1-2-7-24-12(9-8-18-5-6-19-9)22-23-13(24)25-11-4-3-10(20-21-11)14(15,16)17/h2-6,8H,1,7H2. The number of rotatable bonds is 5. The Hall–Kier alpha value is -2.82. The van der Waals surface area contributed by atoms with E-state index < -0.39 is 11.9 Å². The third-order valence-corrected chi connectivity index (χ3v) is 3.86. The van der Waals surface area contributed by atoms with Gasteiger partial charge in [-0.2, -0.15) is 13.2 Å². The van der Waals surface area contributed by atoms with E-state index in [2.05, 4.69) is 36.9 Å². The van der Waals surface area contributed by atoms with E-state index in [1.54, 1.807) is 10.6 Å². The quantitative estimate of drug-likeness (QED) is 0.643. The third kappa shape index (κ3) is 3.82. The summed E-state index contributed by atoms with van der Waals surface area (Å²) in [5.41, 5.74) is -0.535. The average Bonchev–Trinajstić information content (AvgIpc) is 2.98. The predicted molar refractivity (Wildman–Crippen MR) is 82.4 cm³/mol. The van der Waals surface area contributed by atoms with Crippen LogP contribution in [0.1, 0.15) is 5.69 Å². The molecule has 0 spiro atoms. The first-order valence-corrected chi connectivity index (χ1v) is 7.70. The van der Waals surface area contributed by atoms with Crippen LogP contribution in [-0.2, 0) is 12.7 Å². The van der Waals surface area contributed by atoms with Crippen LogP contribution in [0.15, 0.2) is 53.6 Å². The summed E-state index contributed by atoms with van der Waals surface area (Å²) >= 11 is 1.04. The Kier molecular flexibility index (Phi) is 4.74. The Labute approximate surface area is 144 Å². The largest absolute Gasteiger partial charge is 0.435 e. The molecule has 3 aromatic rings. The molecule has 0 amide bonds. The summed E-state index contributed by atoms with van der Waals surface area (Å²) < 4.78 is 39.3.